The molecule has 1 atom stereocenters. The van der Waals surface area contributed by atoms with Crippen LogP contribution in [-0.4, -0.2) is 16.2 Å². The summed E-state index contributed by atoms with van der Waals surface area (Å²) in [5.74, 6) is 1.11. The molecule has 1 saturated carbocycles. The second-order valence-electron chi connectivity index (χ2n) is 6.25. The normalized spacial score (nSPS) is 26.5. The summed E-state index contributed by atoms with van der Waals surface area (Å²) in [6.45, 7) is 3.59. The molecule has 4 rings (SSSR count). The highest BCUT2D eigenvalue weighted by Gasteiger charge is 2.40. The fraction of sp³-hybridized carbons (Fsp3) is 0.562. The lowest BCUT2D eigenvalue weighted by Crippen LogP contribution is -2.25. The van der Waals surface area contributed by atoms with E-state index in [-0.39, 0.29) is 5.60 Å². The van der Waals surface area contributed by atoms with E-state index in [1.54, 1.807) is 0 Å². The molecule has 2 N–H and O–H groups in total. The van der Waals surface area contributed by atoms with Gasteiger partial charge in [0, 0.05) is 19.2 Å². The minimum atomic E-state index is -0.218. The molecule has 4 nitrogen and oxygen atoms in total. The molecule has 20 heavy (non-hydrogen) atoms. The first kappa shape index (κ1) is 12.4. The lowest BCUT2D eigenvalue weighted by Gasteiger charge is -2.23. The highest BCUT2D eigenvalue weighted by Crippen LogP contribution is 2.44. The summed E-state index contributed by atoms with van der Waals surface area (Å²) in [6.07, 6.45) is 4.70. The van der Waals surface area contributed by atoms with E-state index in [9.17, 15) is 0 Å². The Labute approximate surface area is 118 Å². The molecule has 2 aromatic rings. The summed E-state index contributed by atoms with van der Waals surface area (Å²) in [6, 6.07) is 7.02. The maximum Gasteiger partial charge on any atom is 0.142 e. The van der Waals surface area contributed by atoms with Crippen LogP contribution in [0.4, 0.5) is 0 Å². The number of rotatable bonds is 3. The topological polar surface area (TPSA) is 53.1 Å². The highest BCUT2D eigenvalue weighted by molar-refractivity contribution is 5.77. The van der Waals surface area contributed by atoms with Crippen molar-refractivity contribution in [2.45, 2.75) is 50.8 Å². The first-order valence-electron chi connectivity index (χ1n) is 7.57. The fourth-order valence-corrected chi connectivity index (χ4v) is 3.30. The smallest absolute Gasteiger partial charge is 0.142 e. The van der Waals surface area contributed by atoms with E-state index in [0.29, 0.717) is 12.6 Å². The molecule has 4 heteroatoms. The number of hydrogen-bond acceptors (Lipinski definition) is 3. The summed E-state index contributed by atoms with van der Waals surface area (Å²) in [5.41, 5.74) is 8.96. The van der Waals surface area contributed by atoms with Crippen LogP contribution in [0.5, 0.6) is 0 Å². The van der Waals surface area contributed by atoms with Gasteiger partial charge in [-0.15, -0.1) is 0 Å². The minimum absolute atomic E-state index is 0.218. The van der Waals surface area contributed by atoms with Gasteiger partial charge < -0.3 is 15.0 Å². The van der Waals surface area contributed by atoms with Gasteiger partial charge in [-0.05, 0) is 50.3 Å². The zero-order valence-corrected chi connectivity index (χ0v) is 11.9. The Kier molecular flexibility index (Phi) is 2.66. The van der Waals surface area contributed by atoms with Crippen molar-refractivity contribution in [1.82, 2.24) is 9.55 Å². The van der Waals surface area contributed by atoms with Crippen LogP contribution < -0.4 is 5.73 Å². The second kappa shape index (κ2) is 4.30. The van der Waals surface area contributed by atoms with Crippen LogP contribution in [0.15, 0.2) is 18.2 Å². The van der Waals surface area contributed by atoms with Gasteiger partial charge in [0.05, 0.1) is 11.0 Å². The van der Waals surface area contributed by atoms with Crippen LogP contribution in [-0.2, 0) is 16.9 Å². The zero-order valence-electron chi connectivity index (χ0n) is 11.9. The molecule has 2 fully saturated rings. The van der Waals surface area contributed by atoms with Crippen LogP contribution >= 0.6 is 0 Å². The first-order valence-corrected chi connectivity index (χ1v) is 7.57. The molecule has 1 aromatic carbocycles. The van der Waals surface area contributed by atoms with Crippen LogP contribution in [0.2, 0.25) is 0 Å². The van der Waals surface area contributed by atoms with Gasteiger partial charge in [-0.3, -0.25) is 0 Å². The SMILES string of the molecule is CC1(c2nc3cc(CN)ccc3n2C2CC2)CCCO1. The number of hydrogen-bond donors (Lipinski definition) is 1. The third-order valence-corrected chi connectivity index (χ3v) is 4.59. The molecule has 0 radical (unpaired) electrons. The number of imidazole rings is 1. The predicted molar refractivity (Wildman–Crippen MR) is 78.4 cm³/mol. The maximum absolute atomic E-state index is 6.02. The molecule has 0 amide bonds. The van der Waals surface area contributed by atoms with Crippen molar-refractivity contribution in [2.75, 3.05) is 6.61 Å². The fourth-order valence-electron chi connectivity index (χ4n) is 3.30. The first-order chi connectivity index (χ1) is 9.71. The maximum atomic E-state index is 6.02. The molecule has 1 saturated heterocycles. The average Bonchev–Trinajstić information content (AvgIpc) is 3.08. The number of fused-ring (bicyclic) bond motifs is 1. The molecule has 2 heterocycles. The van der Waals surface area contributed by atoms with Crippen molar-refractivity contribution in [3.05, 3.63) is 29.6 Å². The van der Waals surface area contributed by atoms with Crippen LogP contribution in [0, 0.1) is 0 Å². The summed E-state index contributed by atoms with van der Waals surface area (Å²) in [4.78, 5) is 4.92. The summed E-state index contributed by atoms with van der Waals surface area (Å²) >= 11 is 0. The van der Waals surface area contributed by atoms with Crippen molar-refractivity contribution >= 4 is 11.0 Å². The average molecular weight is 271 g/mol. The highest BCUT2D eigenvalue weighted by atomic mass is 16.5. The quantitative estimate of drug-likeness (QED) is 0.934. The lowest BCUT2D eigenvalue weighted by molar-refractivity contribution is 0.00685. The summed E-state index contributed by atoms with van der Waals surface area (Å²) < 4.78 is 8.44. The van der Waals surface area contributed by atoms with E-state index in [2.05, 4.69) is 29.7 Å². The number of aromatic nitrogens is 2. The summed E-state index contributed by atoms with van der Waals surface area (Å²) in [7, 11) is 0. The van der Waals surface area contributed by atoms with E-state index in [1.165, 1.54) is 18.4 Å². The number of ether oxygens (including phenoxy) is 1. The molecular weight excluding hydrogens is 250 g/mol. The monoisotopic (exact) mass is 271 g/mol. The largest absolute Gasteiger partial charge is 0.367 e. The molecule has 1 aromatic heterocycles. The van der Waals surface area contributed by atoms with Gasteiger partial charge in [0.25, 0.3) is 0 Å². The molecule has 106 valence electrons. The summed E-state index contributed by atoms with van der Waals surface area (Å²) in [5, 5.41) is 0. The van der Waals surface area contributed by atoms with E-state index in [0.717, 1.165) is 36.4 Å². The Morgan fingerprint density at radius 1 is 1.45 bits per heavy atom. The molecule has 0 spiro atoms. The van der Waals surface area contributed by atoms with Crippen molar-refractivity contribution in [3.63, 3.8) is 0 Å². The molecule has 2 aliphatic rings. The van der Waals surface area contributed by atoms with Crippen molar-refractivity contribution in [1.29, 1.82) is 0 Å². The number of nitrogens with zero attached hydrogens (tertiary/aromatic N) is 2. The number of benzene rings is 1. The van der Waals surface area contributed by atoms with Crippen molar-refractivity contribution in [3.8, 4) is 0 Å². The van der Waals surface area contributed by atoms with E-state index in [1.807, 2.05) is 0 Å². The predicted octanol–water partition coefficient (Wildman–Crippen LogP) is 2.86. The Morgan fingerprint density at radius 3 is 2.95 bits per heavy atom. The molecule has 1 aliphatic carbocycles. The van der Waals surface area contributed by atoms with Crippen molar-refractivity contribution < 1.29 is 4.74 Å². The van der Waals surface area contributed by atoms with Gasteiger partial charge in [-0.1, -0.05) is 6.07 Å². The van der Waals surface area contributed by atoms with E-state index >= 15 is 0 Å². The molecule has 0 bridgehead atoms. The Balaban J connectivity index is 1.92. The third kappa shape index (κ3) is 1.79. The third-order valence-electron chi connectivity index (χ3n) is 4.59. The van der Waals surface area contributed by atoms with Gasteiger partial charge in [-0.2, -0.15) is 0 Å². The van der Waals surface area contributed by atoms with E-state index < -0.39 is 0 Å². The number of nitrogens with two attached hydrogens (primary N) is 1. The van der Waals surface area contributed by atoms with Crippen LogP contribution in [0.3, 0.4) is 0 Å². The second-order valence-corrected chi connectivity index (χ2v) is 6.25. The van der Waals surface area contributed by atoms with Crippen molar-refractivity contribution in [2.24, 2.45) is 5.73 Å². The van der Waals surface area contributed by atoms with Gasteiger partial charge in [-0.25, -0.2) is 4.98 Å². The molecule has 1 unspecified atom stereocenters. The van der Waals surface area contributed by atoms with Gasteiger partial charge in [0.2, 0.25) is 0 Å². The van der Waals surface area contributed by atoms with Crippen LogP contribution in [0.25, 0.3) is 11.0 Å². The lowest BCUT2D eigenvalue weighted by atomic mass is 10.0. The molecule has 1 aliphatic heterocycles. The zero-order chi connectivity index (χ0) is 13.7. The van der Waals surface area contributed by atoms with Crippen LogP contribution in [0.1, 0.15) is 50.0 Å². The Bertz CT molecular complexity index is 651. The minimum Gasteiger partial charge on any atom is -0.367 e. The standard InChI is InChI=1S/C16H21N3O/c1-16(7-2-8-20-16)15-18-13-9-11(10-17)3-6-14(13)19(15)12-4-5-12/h3,6,9,12H,2,4-5,7-8,10,17H2,1H3. The van der Waals surface area contributed by atoms with E-state index in [4.69, 9.17) is 15.5 Å². The van der Waals surface area contributed by atoms with Gasteiger partial charge in [0.1, 0.15) is 11.4 Å². The Morgan fingerprint density at radius 2 is 2.30 bits per heavy atom. The molecular formula is C16H21N3O. The van der Waals surface area contributed by atoms with Gasteiger partial charge in [0.15, 0.2) is 0 Å². The Hall–Kier alpha value is -1.39. The van der Waals surface area contributed by atoms with Gasteiger partial charge >= 0.3 is 0 Å².